The third kappa shape index (κ3) is 3.40. The summed E-state index contributed by atoms with van der Waals surface area (Å²) in [5.41, 5.74) is 1.06. The molecule has 1 aromatic rings. The lowest BCUT2D eigenvalue weighted by Gasteiger charge is -2.19. The highest BCUT2D eigenvalue weighted by Gasteiger charge is 2.15. The first-order valence-electron chi connectivity index (χ1n) is 6.54. The molecule has 0 aromatic carbocycles. The van der Waals surface area contributed by atoms with Gasteiger partial charge in [0.25, 0.3) is 0 Å². The Kier molecular flexibility index (Phi) is 4.31. The molecule has 1 aliphatic rings. The van der Waals surface area contributed by atoms with E-state index in [1.54, 1.807) is 0 Å². The zero-order chi connectivity index (χ0) is 12.1. The number of hydrogen-bond donors (Lipinski definition) is 1. The van der Waals surface area contributed by atoms with Gasteiger partial charge in [0.15, 0.2) is 5.82 Å². The van der Waals surface area contributed by atoms with Crippen molar-refractivity contribution in [1.82, 2.24) is 15.5 Å². The van der Waals surface area contributed by atoms with E-state index < -0.39 is 0 Å². The maximum absolute atomic E-state index is 4.25. The average Bonchev–Trinajstić information content (AvgIpc) is 2.89. The van der Waals surface area contributed by atoms with Gasteiger partial charge in [0.05, 0.1) is 5.69 Å². The van der Waals surface area contributed by atoms with Crippen LogP contribution in [0.4, 0.5) is 5.82 Å². The van der Waals surface area contributed by atoms with E-state index in [-0.39, 0.29) is 0 Å². The smallest absolute Gasteiger partial charge is 0.150 e. The van der Waals surface area contributed by atoms with Crippen LogP contribution in [0.5, 0.6) is 0 Å². The molecule has 1 aliphatic heterocycles. The summed E-state index contributed by atoms with van der Waals surface area (Å²) in [7, 11) is 2.10. The Morgan fingerprint density at radius 2 is 2.29 bits per heavy atom. The van der Waals surface area contributed by atoms with Gasteiger partial charge in [0.1, 0.15) is 0 Å². The Balaban J connectivity index is 1.83. The number of nitrogens with zero attached hydrogens (tertiary/aromatic N) is 3. The minimum Gasteiger partial charge on any atom is -0.358 e. The van der Waals surface area contributed by atoms with E-state index in [2.05, 4.69) is 46.5 Å². The maximum Gasteiger partial charge on any atom is 0.150 e. The minimum absolute atomic E-state index is 0.834. The summed E-state index contributed by atoms with van der Waals surface area (Å²) < 4.78 is 0. The van der Waals surface area contributed by atoms with Gasteiger partial charge in [-0.15, -0.1) is 5.10 Å². The number of rotatable bonds is 5. The van der Waals surface area contributed by atoms with Crippen LogP contribution in [0.3, 0.4) is 0 Å². The quantitative estimate of drug-likeness (QED) is 0.838. The Morgan fingerprint density at radius 1 is 1.41 bits per heavy atom. The molecule has 1 saturated heterocycles. The molecule has 1 atom stereocenters. The predicted octanol–water partition coefficient (Wildman–Crippen LogP) is 1.47. The van der Waals surface area contributed by atoms with E-state index in [0.717, 1.165) is 30.4 Å². The monoisotopic (exact) mass is 234 g/mol. The fourth-order valence-electron chi connectivity index (χ4n) is 2.20. The molecule has 1 fully saturated rings. The van der Waals surface area contributed by atoms with Crippen molar-refractivity contribution in [2.45, 2.75) is 26.2 Å². The summed E-state index contributed by atoms with van der Waals surface area (Å²) in [6.07, 6.45) is 3.50. The molecule has 0 saturated carbocycles. The van der Waals surface area contributed by atoms with E-state index in [4.69, 9.17) is 0 Å². The Morgan fingerprint density at radius 3 is 2.88 bits per heavy atom. The van der Waals surface area contributed by atoms with Crippen LogP contribution in [0, 0.1) is 5.92 Å². The SMILES string of the molecule is CCc1ccc(N(C)CCC2CCNC2)nn1. The van der Waals surface area contributed by atoms with Crippen LogP contribution in [-0.2, 0) is 6.42 Å². The molecule has 0 aliphatic carbocycles. The highest BCUT2D eigenvalue weighted by atomic mass is 15.2. The van der Waals surface area contributed by atoms with Crippen molar-refractivity contribution in [3.8, 4) is 0 Å². The molecule has 2 rings (SSSR count). The van der Waals surface area contributed by atoms with E-state index in [0.29, 0.717) is 0 Å². The highest BCUT2D eigenvalue weighted by Crippen LogP contribution is 2.15. The lowest BCUT2D eigenvalue weighted by molar-refractivity contribution is 0.532. The van der Waals surface area contributed by atoms with Crippen molar-refractivity contribution in [3.05, 3.63) is 17.8 Å². The van der Waals surface area contributed by atoms with Gasteiger partial charge in [0, 0.05) is 13.6 Å². The topological polar surface area (TPSA) is 41.0 Å². The molecule has 2 heterocycles. The standard InChI is InChI=1S/C13H22N4/c1-3-12-4-5-13(16-15-12)17(2)9-7-11-6-8-14-10-11/h4-5,11,14H,3,6-10H2,1-2H3. The van der Waals surface area contributed by atoms with Gasteiger partial charge in [-0.1, -0.05) is 6.92 Å². The van der Waals surface area contributed by atoms with Crippen LogP contribution in [-0.4, -0.2) is 36.9 Å². The third-order valence-corrected chi connectivity index (χ3v) is 3.49. The summed E-state index contributed by atoms with van der Waals surface area (Å²) in [5, 5.41) is 11.9. The van der Waals surface area contributed by atoms with Crippen LogP contribution >= 0.6 is 0 Å². The second-order valence-corrected chi connectivity index (χ2v) is 4.81. The van der Waals surface area contributed by atoms with Crippen molar-refractivity contribution in [1.29, 1.82) is 0 Å². The van der Waals surface area contributed by atoms with Gasteiger partial charge in [-0.3, -0.25) is 0 Å². The first-order valence-corrected chi connectivity index (χ1v) is 6.54. The number of aryl methyl sites for hydroxylation is 1. The molecule has 0 spiro atoms. The number of hydrogen-bond acceptors (Lipinski definition) is 4. The van der Waals surface area contributed by atoms with Crippen LogP contribution in [0.25, 0.3) is 0 Å². The molecule has 17 heavy (non-hydrogen) atoms. The van der Waals surface area contributed by atoms with Gasteiger partial charge in [-0.2, -0.15) is 5.10 Å². The van der Waals surface area contributed by atoms with Gasteiger partial charge in [0.2, 0.25) is 0 Å². The van der Waals surface area contributed by atoms with Crippen LogP contribution in [0.1, 0.15) is 25.5 Å². The van der Waals surface area contributed by atoms with Crippen molar-refractivity contribution < 1.29 is 0 Å². The Hall–Kier alpha value is -1.16. The number of anilines is 1. The van der Waals surface area contributed by atoms with Gasteiger partial charge in [-0.25, -0.2) is 0 Å². The molecular formula is C13H22N4. The van der Waals surface area contributed by atoms with Gasteiger partial charge < -0.3 is 10.2 Å². The second-order valence-electron chi connectivity index (χ2n) is 4.81. The van der Waals surface area contributed by atoms with E-state index in [1.165, 1.54) is 25.9 Å². The Bertz CT molecular complexity index is 330. The third-order valence-electron chi connectivity index (χ3n) is 3.49. The van der Waals surface area contributed by atoms with E-state index >= 15 is 0 Å². The van der Waals surface area contributed by atoms with Crippen molar-refractivity contribution in [2.75, 3.05) is 31.6 Å². The summed E-state index contributed by atoms with van der Waals surface area (Å²) in [5.74, 6) is 1.81. The zero-order valence-corrected chi connectivity index (χ0v) is 10.8. The molecule has 94 valence electrons. The lowest BCUT2D eigenvalue weighted by Crippen LogP contribution is -2.23. The highest BCUT2D eigenvalue weighted by molar-refractivity contribution is 5.35. The summed E-state index contributed by atoms with van der Waals surface area (Å²) in [4.78, 5) is 2.20. The first-order chi connectivity index (χ1) is 8.29. The predicted molar refractivity (Wildman–Crippen MR) is 70.3 cm³/mol. The fraction of sp³-hybridized carbons (Fsp3) is 0.692. The van der Waals surface area contributed by atoms with Crippen LogP contribution < -0.4 is 10.2 Å². The van der Waals surface area contributed by atoms with Crippen molar-refractivity contribution >= 4 is 5.82 Å². The molecule has 0 amide bonds. The molecule has 0 radical (unpaired) electrons. The first kappa shape index (κ1) is 12.3. The molecule has 4 heteroatoms. The lowest BCUT2D eigenvalue weighted by atomic mass is 10.1. The summed E-state index contributed by atoms with van der Waals surface area (Å²) >= 11 is 0. The number of nitrogens with one attached hydrogen (secondary N) is 1. The molecular weight excluding hydrogens is 212 g/mol. The summed E-state index contributed by atoms with van der Waals surface area (Å²) in [6.45, 7) is 5.51. The fourth-order valence-corrected chi connectivity index (χ4v) is 2.20. The normalized spacial score (nSPS) is 19.5. The molecule has 4 nitrogen and oxygen atoms in total. The molecule has 1 unspecified atom stereocenters. The van der Waals surface area contributed by atoms with Gasteiger partial charge >= 0.3 is 0 Å². The number of aromatic nitrogens is 2. The van der Waals surface area contributed by atoms with E-state index in [9.17, 15) is 0 Å². The molecule has 1 aromatic heterocycles. The van der Waals surface area contributed by atoms with Gasteiger partial charge in [-0.05, 0) is 50.4 Å². The Labute approximate surface area is 103 Å². The van der Waals surface area contributed by atoms with Crippen molar-refractivity contribution in [2.24, 2.45) is 5.92 Å². The van der Waals surface area contributed by atoms with Crippen LogP contribution in [0.2, 0.25) is 0 Å². The minimum atomic E-state index is 0.834. The van der Waals surface area contributed by atoms with Crippen LogP contribution in [0.15, 0.2) is 12.1 Å². The largest absolute Gasteiger partial charge is 0.358 e. The maximum atomic E-state index is 4.25. The second kappa shape index (κ2) is 5.96. The molecule has 0 bridgehead atoms. The average molecular weight is 234 g/mol. The zero-order valence-electron chi connectivity index (χ0n) is 10.8. The molecule has 1 N–H and O–H groups in total. The van der Waals surface area contributed by atoms with Crippen molar-refractivity contribution in [3.63, 3.8) is 0 Å². The summed E-state index contributed by atoms with van der Waals surface area (Å²) in [6, 6.07) is 4.13. The van der Waals surface area contributed by atoms with E-state index in [1.807, 2.05) is 0 Å².